The van der Waals surface area contributed by atoms with Crippen LogP contribution in [0.4, 0.5) is 11.4 Å². The van der Waals surface area contributed by atoms with Crippen LogP contribution in [0.25, 0.3) is 0 Å². The smallest absolute Gasteiger partial charge is 0.294 e. The van der Waals surface area contributed by atoms with Crippen LogP contribution in [0.1, 0.15) is 5.56 Å². The van der Waals surface area contributed by atoms with E-state index >= 15 is 0 Å². The second-order valence-electron chi connectivity index (χ2n) is 5.97. The fourth-order valence-corrected chi connectivity index (χ4v) is 3.59. The van der Waals surface area contributed by atoms with E-state index in [2.05, 4.69) is 21.2 Å². The molecule has 0 aliphatic heterocycles. The first-order valence-electron chi connectivity index (χ1n) is 8.34. The standard InChI is InChI=1S/C20H15BrCl2N2O4/c1-28-15-4-2-12(3-5-15)11-24-18-10-20(17(23)9-19(18)25(26)27)29-16-7-13(21)6-14(22)8-16/h2-10,24H,11H2,1H3. The SMILES string of the molecule is COc1ccc(CNc2cc(Oc3cc(Cl)cc(Br)c3)c(Cl)cc2[N+](=O)[O-])cc1. The van der Waals surface area contributed by atoms with Crippen LogP contribution in [-0.4, -0.2) is 12.0 Å². The number of nitro groups is 1. The van der Waals surface area contributed by atoms with E-state index in [1.807, 2.05) is 24.3 Å². The predicted molar refractivity (Wildman–Crippen MR) is 118 cm³/mol. The number of hydrogen-bond acceptors (Lipinski definition) is 5. The number of ether oxygens (including phenoxy) is 2. The van der Waals surface area contributed by atoms with E-state index in [1.165, 1.54) is 12.1 Å². The van der Waals surface area contributed by atoms with Crippen LogP contribution in [0.2, 0.25) is 10.0 Å². The lowest BCUT2D eigenvalue weighted by Crippen LogP contribution is -2.03. The number of nitro benzene ring substituents is 1. The highest BCUT2D eigenvalue weighted by molar-refractivity contribution is 9.10. The lowest BCUT2D eigenvalue weighted by molar-refractivity contribution is -0.384. The van der Waals surface area contributed by atoms with Crippen molar-refractivity contribution in [2.24, 2.45) is 0 Å². The molecule has 0 saturated carbocycles. The van der Waals surface area contributed by atoms with E-state index in [0.29, 0.717) is 17.3 Å². The Morgan fingerprint density at radius 1 is 1.07 bits per heavy atom. The van der Waals surface area contributed by atoms with Gasteiger partial charge < -0.3 is 14.8 Å². The zero-order valence-electron chi connectivity index (χ0n) is 15.1. The van der Waals surface area contributed by atoms with Gasteiger partial charge in [0.2, 0.25) is 0 Å². The molecule has 0 heterocycles. The van der Waals surface area contributed by atoms with Gasteiger partial charge in [-0.1, -0.05) is 51.3 Å². The fraction of sp³-hybridized carbons (Fsp3) is 0.100. The molecule has 3 aromatic rings. The Morgan fingerprint density at radius 2 is 1.79 bits per heavy atom. The Bertz CT molecular complexity index is 1030. The van der Waals surface area contributed by atoms with E-state index in [0.717, 1.165) is 15.8 Å². The Morgan fingerprint density at radius 3 is 2.41 bits per heavy atom. The fourth-order valence-electron chi connectivity index (χ4n) is 2.57. The molecule has 29 heavy (non-hydrogen) atoms. The molecule has 3 rings (SSSR count). The van der Waals surface area contributed by atoms with Crippen molar-refractivity contribution in [1.29, 1.82) is 0 Å². The minimum absolute atomic E-state index is 0.114. The second kappa shape index (κ2) is 9.35. The Labute approximate surface area is 185 Å². The summed E-state index contributed by atoms with van der Waals surface area (Å²) in [5, 5.41) is 15.1. The number of nitrogens with zero attached hydrogens (tertiary/aromatic N) is 1. The van der Waals surface area contributed by atoms with Crippen molar-refractivity contribution in [3.63, 3.8) is 0 Å². The number of methoxy groups -OCH3 is 1. The maximum absolute atomic E-state index is 11.5. The van der Waals surface area contributed by atoms with Crippen molar-refractivity contribution < 1.29 is 14.4 Å². The first-order valence-corrected chi connectivity index (χ1v) is 9.89. The number of hydrogen-bond donors (Lipinski definition) is 1. The molecule has 0 saturated heterocycles. The molecule has 0 amide bonds. The molecule has 0 unspecified atom stereocenters. The summed E-state index contributed by atoms with van der Waals surface area (Å²) in [7, 11) is 1.59. The third kappa shape index (κ3) is 5.53. The first-order chi connectivity index (χ1) is 13.9. The molecule has 0 bridgehead atoms. The van der Waals surface area contributed by atoms with Gasteiger partial charge in [-0.15, -0.1) is 0 Å². The highest BCUT2D eigenvalue weighted by Gasteiger charge is 2.19. The zero-order valence-corrected chi connectivity index (χ0v) is 18.2. The van der Waals surface area contributed by atoms with E-state index in [-0.39, 0.29) is 22.1 Å². The van der Waals surface area contributed by atoms with E-state index in [1.54, 1.807) is 25.3 Å². The quantitative estimate of drug-likeness (QED) is 0.279. The molecule has 0 aliphatic carbocycles. The molecule has 0 aliphatic rings. The monoisotopic (exact) mass is 496 g/mol. The summed E-state index contributed by atoms with van der Waals surface area (Å²) in [6.07, 6.45) is 0. The normalized spacial score (nSPS) is 10.5. The van der Waals surface area contributed by atoms with Crippen molar-refractivity contribution in [3.8, 4) is 17.2 Å². The van der Waals surface area contributed by atoms with Gasteiger partial charge in [0.25, 0.3) is 5.69 Å². The lowest BCUT2D eigenvalue weighted by Gasteiger charge is -2.13. The molecule has 150 valence electrons. The average molecular weight is 498 g/mol. The molecule has 0 spiro atoms. The molecular weight excluding hydrogens is 483 g/mol. The highest BCUT2D eigenvalue weighted by Crippen LogP contribution is 2.39. The van der Waals surface area contributed by atoms with Crippen molar-refractivity contribution in [2.45, 2.75) is 6.54 Å². The van der Waals surface area contributed by atoms with Crippen LogP contribution in [0.3, 0.4) is 0 Å². The molecule has 0 atom stereocenters. The number of anilines is 1. The average Bonchev–Trinajstić information content (AvgIpc) is 2.67. The minimum Gasteiger partial charge on any atom is -0.497 e. The van der Waals surface area contributed by atoms with Crippen LogP contribution >= 0.6 is 39.1 Å². The summed E-state index contributed by atoms with van der Waals surface area (Å²) < 4.78 is 11.7. The van der Waals surface area contributed by atoms with Crippen LogP contribution in [0.5, 0.6) is 17.2 Å². The molecular formula is C20H15BrCl2N2O4. The molecule has 3 aromatic carbocycles. The van der Waals surface area contributed by atoms with Gasteiger partial charge in [0.15, 0.2) is 0 Å². The lowest BCUT2D eigenvalue weighted by atomic mass is 10.2. The van der Waals surface area contributed by atoms with E-state index in [4.69, 9.17) is 32.7 Å². The molecule has 9 heteroatoms. The van der Waals surface area contributed by atoms with Gasteiger partial charge in [-0.25, -0.2) is 0 Å². The van der Waals surface area contributed by atoms with Gasteiger partial charge in [-0.2, -0.15) is 0 Å². The van der Waals surface area contributed by atoms with Gasteiger partial charge in [0.05, 0.1) is 17.1 Å². The van der Waals surface area contributed by atoms with Gasteiger partial charge >= 0.3 is 0 Å². The minimum atomic E-state index is -0.498. The van der Waals surface area contributed by atoms with Gasteiger partial charge in [0.1, 0.15) is 22.9 Å². The molecule has 0 radical (unpaired) electrons. The van der Waals surface area contributed by atoms with Crippen molar-refractivity contribution in [2.75, 3.05) is 12.4 Å². The van der Waals surface area contributed by atoms with Crippen LogP contribution in [0, 0.1) is 10.1 Å². The molecule has 0 aromatic heterocycles. The maximum atomic E-state index is 11.5. The van der Waals surface area contributed by atoms with Crippen molar-refractivity contribution >= 4 is 50.5 Å². The Kier molecular flexibility index (Phi) is 6.84. The number of rotatable bonds is 7. The van der Waals surface area contributed by atoms with Gasteiger partial charge in [0, 0.05) is 28.2 Å². The third-order valence-corrected chi connectivity index (χ3v) is 4.92. The molecule has 6 nitrogen and oxygen atoms in total. The maximum Gasteiger partial charge on any atom is 0.294 e. The third-order valence-electron chi connectivity index (χ3n) is 3.95. The first kappa shape index (κ1) is 21.2. The second-order valence-corrected chi connectivity index (χ2v) is 7.73. The number of halogens is 3. The summed E-state index contributed by atoms with van der Waals surface area (Å²) >= 11 is 15.6. The largest absolute Gasteiger partial charge is 0.497 e. The van der Waals surface area contributed by atoms with Crippen molar-refractivity contribution in [1.82, 2.24) is 0 Å². The zero-order chi connectivity index (χ0) is 21.0. The summed E-state index contributed by atoms with van der Waals surface area (Å²) in [6, 6.07) is 15.2. The Balaban J connectivity index is 1.87. The van der Waals surface area contributed by atoms with Gasteiger partial charge in [-0.3, -0.25) is 10.1 Å². The summed E-state index contributed by atoms with van der Waals surface area (Å²) in [4.78, 5) is 11.0. The number of nitrogens with one attached hydrogen (secondary N) is 1. The molecule has 1 N–H and O–H groups in total. The van der Waals surface area contributed by atoms with Crippen LogP contribution in [-0.2, 0) is 6.54 Å². The van der Waals surface area contributed by atoms with Crippen LogP contribution < -0.4 is 14.8 Å². The summed E-state index contributed by atoms with van der Waals surface area (Å²) in [6.45, 7) is 0.370. The Hall–Kier alpha value is -2.48. The van der Waals surface area contributed by atoms with E-state index in [9.17, 15) is 10.1 Å². The summed E-state index contributed by atoms with van der Waals surface area (Å²) in [5.74, 6) is 1.44. The van der Waals surface area contributed by atoms with Gasteiger partial charge in [-0.05, 0) is 35.9 Å². The van der Waals surface area contributed by atoms with E-state index < -0.39 is 4.92 Å². The highest BCUT2D eigenvalue weighted by atomic mass is 79.9. The van der Waals surface area contributed by atoms with Crippen molar-refractivity contribution in [3.05, 3.63) is 84.8 Å². The predicted octanol–water partition coefficient (Wildman–Crippen LogP) is 7.08. The topological polar surface area (TPSA) is 73.6 Å². The molecule has 0 fully saturated rings. The van der Waals surface area contributed by atoms with Crippen LogP contribution in [0.15, 0.2) is 59.1 Å². The number of benzene rings is 3. The summed E-state index contributed by atoms with van der Waals surface area (Å²) in [5.41, 5.74) is 1.06.